The average Bonchev–Trinajstić information content (AvgIpc) is 2.63. The second-order valence-corrected chi connectivity index (χ2v) is 6.51. The van der Waals surface area contributed by atoms with Gasteiger partial charge in [-0.25, -0.2) is 4.79 Å². The van der Waals surface area contributed by atoms with Crippen molar-refractivity contribution in [2.24, 2.45) is 0 Å². The van der Waals surface area contributed by atoms with Crippen LogP contribution in [0.5, 0.6) is 0 Å². The first-order valence-corrected chi connectivity index (χ1v) is 10.1. The molecule has 0 aliphatic carbocycles. The SMILES string of the molecule is CCCCCC=CCC=CCC=CCC=CCCCCC(C(=O)O)[N+](=O)[O-]. The molecule has 0 heterocycles. The van der Waals surface area contributed by atoms with Gasteiger partial charge in [-0.2, -0.15) is 0 Å². The molecule has 5 nitrogen and oxygen atoms in total. The maximum absolute atomic E-state index is 10.7. The maximum atomic E-state index is 10.7. The molecule has 27 heavy (non-hydrogen) atoms. The summed E-state index contributed by atoms with van der Waals surface area (Å²) in [5.41, 5.74) is 0. The molecule has 0 bridgehead atoms. The van der Waals surface area contributed by atoms with E-state index < -0.39 is 16.9 Å². The van der Waals surface area contributed by atoms with Gasteiger partial charge in [0.2, 0.25) is 0 Å². The van der Waals surface area contributed by atoms with Crippen molar-refractivity contribution in [3.8, 4) is 0 Å². The monoisotopic (exact) mass is 377 g/mol. The lowest BCUT2D eigenvalue weighted by molar-refractivity contribution is -0.511. The van der Waals surface area contributed by atoms with Crippen molar-refractivity contribution in [1.29, 1.82) is 0 Å². The number of allylic oxidation sites excluding steroid dienone is 8. The lowest BCUT2D eigenvalue weighted by Gasteiger charge is -2.03. The van der Waals surface area contributed by atoms with Crippen LogP contribution in [0.3, 0.4) is 0 Å². The normalized spacial score (nSPS) is 13.4. The lowest BCUT2D eigenvalue weighted by Crippen LogP contribution is -2.28. The van der Waals surface area contributed by atoms with Gasteiger partial charge < -0.3 is 5.11 Å². The Morgan fingerprint density at radius 3 is 1.70 bits per heavy atom. The second kappa shape index (κ2) is 18.6. The standard InChI is InChI=1S/C22H35NO4/c1-2-3-4-5-6-7-8-9-10-11-12-13-14-15-16-17-18-19-20-21(22(24)25)23(26)27/h6-7,9-10,12-13,15-16,21H,2-5,8,11,14,17-20H2,1H3,(H,24,25). The highest BCUT2D eigenvalue weighted by atomic mass is 16.6. The molecular weight excluding hydrogens is 342 g/mol. The highest BCUT2D eigenvalue weighted by Crippen LogP contribution is 2.07. The van der Waals surface area contributed by atoms with E-state index in [0.29, 0.717) is 6.42 Å². The minimum absolute atomic E-state index is 0.0936. The van der Waals surface area contributed by atoms with Gasteiger partial charge in [-0.1, -0.05) is 68.4 Å². The zero-order valence-electron chi connectivity index (χ0n) is 16.6. The predicted octanol–water partition coefficient (Wildman–Crippen LogP) is 6.25. The molecule has 0 aliphatic rings. The van der Waals surface area contributed by atoms with E-state index in [2.05, 4.69) is 49.5 Å². The molecule has 0 spiro atoms. The molecule has 0 saturated carbocycles. The quantitative estimate of drug-likeness (QED) is 0.140. The highest BCUT2D eigenvalue weighted by Gasteiger charge is 2.27. The summed E-state index contributed by atoms with van der Waals surface area (Å²) in [4.78, 5) is 20.5. The van der Waals surface area contributed by atoms with E-state index in [1.807, 2.05) is 6.08 Å². The molecule has 0 fully saturated rings. The fourth-order valence-corrected chi connectivity index (χ4v) is 2.48. The Balaban J connectivity index is 3.59. The van der Waals surface area contributed by atoms with Gasteiger partial charge in [0.25, 0.3) is 0 Å². The van der Waals surface area contributed by atoms with Crippen LogP contribution in [0.4, 0.5) is 0 Å². The van der Waals surface area contributed by atoms with E-state index in [-0.39, 0.29) is 6.42 Å². The van der Waals surface area contributed by atoms with E-state index in [1.54, 1.807) is 0 Å². The van der Waals surface area contributed by atoms with Crippen LogP contribution >= 0.6 is 0 Å². The van der Waals surface area contributed by atoms with Crippen molar-refractivity contribution in [1.82, 2.24) is 0 Å². The minimum Gasteiger partial charge on any atom is -0.476 e. The molecule has 152 valence electrons. The molecule has 0 rings (SSSR count). The summed E-state index contributed by atoms with van der Waals surface area (Å²) in [6.45, 7) is 2.22. The number of carboxylic acid groups (broad SMARTS) is 1. The topological polar surface area (TPSA) is 80.4 Å². The highest BCUT2D eigenvalue weighted by molar-refractivity contribution is 5.71. The van der Waals surface area contributed by atoms with Gasteiger partial charge in [-0.05, 0) is 51.4 Å². The van der Waals surface area contributed by atoms with Crippen LogP contribution in [-0.2, 0) is 4.79 Å². The first-order valence-electron chi connectivity index (χ1n) is 10.1. The number of nitro groups is 1. The van der Waals surface area contributed by atoms with Crippen molar-refractivity contribution >= 4 is 5.97 Å². The van der Waals surface area contributed by atoms with E-state index >= 15 is 0 Å². The van der Waals surface area contributed by atoms with Crippen molar-refractivity contribution in [2.75, 3.05) is 0 Å². The largest absolute Gasteiger partial charge is 0.476 e. The molecule has 5 heteroatoms. The zero-order valence-corrected chi connectivity index (χ0v) is 16.6. The van der Waals surface area contributed by atoms with Crippen LogP contribution in [0.1, 0.15) is 77.6 Å². The summed E-state index contributed by atoms with van der Waals surface area (Å²) in [7, 11) is 0. The van der Waals surface area contributed by atoms with Crippen LogP contribution < -0.4 is 0 Å². The van der Waals surface area contributed by atoms with Gasteiger partial charge in [-0.3, -0.25) is 10.1 Å². The Morgan fingerprint density at radius 2 is 1.30 bits per heavy atom. The fraction of sp³-hybridized carbons (Fsp3) is 0.591. The molecular formula is C22H35NO4. The first-order chi connectivity index (χ1) is 13.1. The molecule has 1 unspecified atom stereocenters. The summed E-state index contributed by atoms with van der Waals surface area (Å²) >= 11 is 0. The molecule has 1 atom stereocenters. The van der Waals surface area contributed by atoms with Crippen LogP contribution in [0.15, 0.2) is 48.6 Å². The zero-order chi connectivity index (χ0) is 20.2. The van der Waals surface area contributed by atoms with Crippen LogP contribution in [-0.4, -0.2) is 22.0 Å². The van der Waals surface area contributed by atoms with Crippen LogP contribution in [0.25, 0.3) is 0 Å². The van der Waals surface area contributed by atoms with Crippen molar-refractivity contribution in [3.05, 3.63) is 58.7 Å². The number of carboxylic acids is 1. The Morgan fingerprint density at radius 1 is 0.852 bits per heavy atom. The Bertz CT molecular complexity index is 492. The minimum atomic E-state index is -1.47. The maximum Gasteiger partial charge on any atom is 0.379 e. The molecule has 1 N–H and O–H groups in total. The Hall–Kier alpha value is -2.17. The molecule has 0 radical (unpaired) electrons. The molecule has 0 aromatic carbocycles. The fourth-order valence-electron chi connectivity index (χ4n) is 2.48. The van der Waals surface area contributed by atoms with Crippen LogP contribution in [0.2, 0.25) is 0 Å². The van der Waals surface area contributed by atoms with Crippen molar-refractivity contribution in [2.45, 2.75) is 83.6 Å². The third kappa shape index (κ3) is 17.0. The third-order valence-electron chi connectivity index (χ3n) is 4.10. The second-order valence-electron chi connectivity index (χ2n) is 6.51. The summed E-state index contributed by atoms with van der Waals surface area (Å²) < 4.78 is 0. The number of nitrogens with zero attached hydrogens (tertiary/aromatic N) is 1. The molecule has 0 aromatic rings. The van der Waals surface area contributed by atoms with Gasteiger partial charge in [0, 0.05) is 11.3 Å². The Kier molecular flexibility index (Phi) is 17.1. The first kappa shape index (κ1) is 24.8. The van der Waals surface area contributed by atoms with Crippen LogP contribution in [0, 0.1) is 10.1 Å². The molecule has 0 amide bonds. The van der Waals surface area contributed by atoms with E-state index in [1.165, 1.54) is 25.7 Å². The molecule has 0 saturated heterocycles. The van der Waals surface area contributed by atoms with Gasteiger partial charge >= 0.3 is 12.0 Å². The summed E-state index contributed by atoms with van der Waals surface area (Å²) in [6, 6.07) is -1.47. The average molecular weight is 378 g/mol. The van der Waals surface area contributed by atoms with Gasteiger partial charge in [0.1, 0.15) is 0 Å². The predicted molar refractivity (Wildman–Crippen MR) is 111 cm³/mol. The number of rotatable bonds is 17. The van der Waals surface area contributed by atoms with E-state index in [0.717, 1.165) is 32.1 Å². The summed E-state index contributed by atoms with van der Waals surface area (Å²) in [5.74, 6) is -1.35. The summed E-state index contributed by atoms with van der Waals surface area (Å²) in [6.07, 6.45) is 27.3. The van der Waals surface area contributed by atoms with Crippen molar-refractivity contribution in [3.63, 3.8) is 0 Å². The third-order valence-corrected chi connectivity index (χ3v) is 4.10. The number of hydrogen-bond acceptors (Lipinski definition) is 3. The summed E-state index contributed by atoms with van der Waals surface area (Å²) in [5, 5.41) is 19.3. The van der Waals surface area contributed by atoms with Crippen molar-refractivity contribution < 1.29 is 14.8 Å². The Labute approximate surface area is 163 Å². The lowest BCUT2D eigenvalue weighted by atomic mass is 10.1. The molecule has 0 aromatic heterocycles. The van der Waals surface area contributed by atoms with E-state index in [4.69, 9.17) is 5.11 Å². The van der Waals surface area contributed by atoms with E-state index in [9.17, 15) is 14.9 Å². The van der Waals surface area contributed by atoms with Gasteiger partial charge in [0.05, 0.1) is 0 Å². The number of aliphatic carboxylic acids is 1. The number of hydrogen-bond donors (Lipinski definition) is 1. The van der Waals surface area contributed by atoms with Gasteiger partial charge in [-0.15, -0.1) is 0 Å². The smallest absolute Gasteiger partial charge is 0.379 e. The van der Waals surface area contributed by atoms with Gasteiger partial charge in [0.15, 0.2) is 0 Å². The number of unbranched alkanes of at least 4 members (excludes halogenated alkanes) is 5. The number of carbonyl (C=O) groups is 1. The molecule has 0 aliphatic heterocycles.